The van der Waals surface area contributed by atoms with Crippen molar-refractivity contribution in [2.24, 2.45) is 0 Å². The van der Waals surface area contributed by atoms with Crippen molar-refractivity contribution in [2.75, 3.05) is 0 Å². The molecule has 2 heteroatoms. The topological polar surface area (TPSA) is 37.3 Å². The van der Waals surface area contributed by atoms with E-state index in [-0.39, 0.29) is 0 Å². The van der Waals surface area contributed by atoms with Crippen LogP contribution in [0.5, 0.6) is 0 Å². The van der Waals surface area contributed by atoms with Crippen molar-refractivity contribution in [3.05, 3.63) is 71.3 Å². The fraction of sp³-hybridized carbons (Fsp3) is 0.316. The second-order valence-corrected chi connectivity index (χ2v) is 6.08. The van der Waals surface area contributed by atoms with E-state index in [2.05, 4.69) is 13.8 Å². The Labute approximate surface area is 126 Å². The summed E-state index contributed by atoms with van der Waals surface area (Å²) in [7, 11) is 0. The first-order valence-corrected chi connectivity index (χ1v) is 7.31. The number of hydrogen-bond donors (Lipinski definition) is 1. The lowest BCUT2D eigenvalue weighted by atomic mass is 9.77. The van der Waals surface area contributed by atoms with Crippen LogP contribution in [0.2, 0.25) is 0 Å². The summed E-state index contributed by atoms with van der Waals surface area (Å²) in [5, 5.41) is 9.73. The summed E-state index contributed by atoms with van der Waals surface area (Å²) in [4.78, 5) is 11.8. The molecule has 0 aliphatic rings. The number of carbonyl (C=O) groups is 1. The van der Waals surface area contributed by atoms with Crippen LogP contribution in [0.3, 0.4) is 0 Å². The molecule has 2 nitrogen and oxygen atoms in total. The number of hydrogen-bond acceptors (Lipinski definition) is 1. The Kier molecular flexibility index (Phi) is 4.46. The molecular formula is C19H22O2. The molecule has 0 amide bonds. The average molecular weight is 282 g/mol. The molecule has 0 saturated heterocycles. The summed E-state index contributed by atoms with van der Waals surface area (Å²) < 4.78 is 0. The third kappa shape index (κ3) is 3.33. The van der Waals surface area contributed by atoms with E-state index >= 15 is 0 Å². The molecule has 110 valence electrons. The smallest absolute Gasteiger partial charge is 0.314 e. The third-order valence-corrected chi connectivity index (χ3v) is 4.09. The fourth-order valence-electron chi connectivity index (χ4n) is 2.54. The third-order valence-electron chi connectivity index (χ3n) is 4.09. The Morgan fingerprint density at radius 3 is 2.10 bits per heavy atom. The van der Waals surface area contributed by atoms with Crippen molar-refractivity contribution in [1.82, 2.24) is 0 Å². The van der Waals surface area contributed by atoms with Gasteiger partial charge in [0, 0.05) is 0 Å². The SMILES string of the molecule is CC(C)c1ccc(C(C)(Cc2ccccc2)C(=O)O)cc1. The van der Waals surface area contributed by atoms with Gasteiger partial charge in [-0.05, 0) is 36.0 Å². The minimum Gasteiger partial charge on any atom is -0.481 e. The Morgan fingerprint density at radius 1 is 1.05 bits per heavy atom. The number of rotatable bonds is 5. The predicted octanol–water partition coefficient (Wildman–Crippen LogP) is 4.40. The summed E-state index contributed by atoms with van der Waals surface area (Å²) in [5.74, 6) is -0.340. The summed E-state index contributed by atoms with van der Waals surface area (Å²) in [6.45, 7) is 6.07. The van der Waals surface area contributed by atoms with E-state index in [9.17, 15) is 9.90 Å². The van der Waals surface area contributed by atoms with Crippen LogP contribution in [0.25, 0.3) is 0 Å². The minimum absolute atomic E-state index is 0.448. The predicted molar refractivity (Wildman–Crippen MR) is 85.7 cm³/mol. The van der Waals surface area contributed by atoms with E-state index in [0.29, 0.717) is 12.3 Å². The Balaban J connectivity index is 2.35. The quantitative estimate of drug-likeness (QED) is 0.882. The monoisotopic (exact) mass is 282 g/mol. The van der Waals surface area contributed by atoms with Crippen LogP contribution >= 0.6 is 0 Å². The molecule has 0 aliphatic carbocycles. The number of aliphatic carboxylic acids is 1. The molecule has 0 radical (unpaired) electrons. The normalized spacial score (nSPS) is 13.9. The van der Waals surface area contributed by atoms with E-state index in [0.717, 1.165) is 11.1 Å². The van der Waals surface area contributed by atoms with Gasteiger partial charge in [-0.15, -0.1) is 0 Å². The molecule has 21 heavy (non-hydrogen) atoms. The van der Waals surface area contributed by atoms with E-state index in [1.807, 2.05) is 54.6 Å². The number of carboxylic acid groups (broad SMARTS) is 1. The second-order valence-electron chi connectivity index (χ2n) is 6.08. The minimum atomic E-state index is -0.906. The summed E-state index contributed by atoms with van der Waals surface area (Å²) in [5.41, 5.74) is 2.21. The molecule has 0 fully saturated rings. The lowest BCUT2D eigenvalue weighted by Gasteiger charge is -2.26. The molecule has 1 N–H and O–H groups in total. The largest absolute Gasteiger partial charge is 0.481 e. The van der Waals surface area contributed by atoms with E-state index in [4.69, 9.17) is 0 Å². The highest BCUT2D eigenvalue weighted by Gasteiger charge is 2.35. The van der Waals surface area contributed by atoms with Crippen molar-refractivity contribution in [3.8, 4) is 0 Å². The lowest BCUT2D eigenvalue weighted by Crippen LogP contribution is -2.34. The molecule has 0 heterocycles. The van der Waals surface area contributed by atoms with Gasteiger partial charge >= 0.3 is 5.97 Å². The van der Waals surface area contributed by atoms with Crippen LogP contribution in [0.4, 0.5) is 0 Å². The molecule has 1 atom stereocenters. The number of benzene rings is 2. The summed E-state index contributed by atoms with van der Waals surface area (Å²) in [6, 6.07) is 17.8. The van der Waals surface area contributed by atoms with Crippen molar-refractivity contribution in [3.63, 3.8) is 0 Å². The van der Waals surface area contributed by atoms with Crippen molar-refractivity contribution < 1.29 is 9.90 Å². The first kappa shape index (κ1) is 15.3. The van der Waals surface area contributed by atoms with Gasteiger partial charge in [0.15, 0.2) is 0 Å². The van der Waals surface area contributed by atoms with Crippen molar-refractivity contribution in [1.29, 1.82) is 0 Å². The Bertz CT molecular complexity index is 599. The highest BCUT2D eigenvalue weighted by molar-refractivity contribution is 5.81. The van der Waals surface area contributed by atoms with Crippen LogP contribution in [-0.4, -0.2) is 11.1 Å². The summed E-state index contributed by atoms with van der Waals surface area (Å²) in [6.07, 6.45) is 0.490. The molecule has 0 spiro atoms. The van der Waals surface area contributed by atoms with Gasteiger partial charge in [0.2, 0.25) is 0 Å². The van der Waals surface area contributed by atoms with Crippen LogP contribution < -0.4 is 0 Å². The molecule has 0 aliphatic heterocycles. The molecule has 2 rings (SSSR count). The zero-order chi connectivity index (χ0) is 15.5. The average Bonchev–Trinajstić information content (AvgIpc) is 2.48. The molecular weight excluding hydrogens is 260 g/mol. The first-order valence-electron chi connectivity index (χ1n) is 7.31. The molecule has 0 aromatic heterocycles. The van der Waals surface area contributed by atoms with Crippen LogP contribution in [0.1, 0.15) is 43.4 Å². The van der Waals surface area contributed by atoms with Gasteiger partial charge in [0.05, 0.1) is 5.41 Å². The maximum atomic E-state index is 11.8. The standard InChI is InChI=1S/C19H22O2/c1-14(2)16-9-11-17(12-10-16)19(3,18(20)21)13-15-7-5-4-6-8-15/h4-12,14H,13H2,1-3H3,(H,20,21). The zero-order valence-corrected chi connectivity index (χ0v) is 12.8. The van der Waals surface area contributed by atoms with Crippen molar-refractivity contribution in [2.45, 2.75) is 38.5 Å². The number of carboxylic acids is 1. The van der Waals surface area contributed by atoms with Gasteiger partial charge in [-0.1, -0.05) is 68.4 Å². The van der Waals surface area contributed by atoms with Gasteiger partial charge in [0.25, 0.3) is 0 Å². The molecule has 2 aromatic rings. The van der Waals surface area contributed by atoms with Crippen LogP contribution in [-0.2, 0) is 16.6 Å². The van der Waals surface area contributed by atoms with E-state index < -0.39 is 11.4 Å². The molecule has 1 unspecified atom stereocenters. The highest BCUT2D eigenvalue weighted by Crippen LogP contribution is 2.30. The van der Waals surface area contributed by atoms with Gasteiger partial charge < -0.3 is 5.11 Å². The maximum Gasteiger partial charge on any atom is 0.314 e. The van der Waals surface area contributed by atoms with Gasteiger partial charge in [-0.2, -0.15) is 0 Å². The zero-order valence-electron chi connectivity index (χ0n) is 12.8. The molecule has 0 bridgehead atoms. The van der Waals surface area contributed by atoms with Crippen molar-refractivity contribution >= 4 is 5.97 Å². The van der Waals surface area contributed by atoms with Crippen LogP contribution in [0.15, 0.2) is 54.6 Å². The van der Waals surface area contributed by atoms with Gasteiger partial charge in [-0.3, -0.25) is 4.79 Å². The Morgan fingerprint density at radius 2 is 1.62 bits per heavy atom. The first-order chi connectivity index (χ1) is 9.93. The highest BCUT2D eigenvalue weighted by atomic mass is 16.4. The van der Waals surface area contributed by atoms with E-state index in [1.165, 1.54) is 5.56 Å². The van der Waals surface area contributed by atoms with Gasteiger partial charge in [-0.25, -0.2) is 0 Å². The Hall–Kier alpha value is -2.09. The van der Waals surface area contributed by atoms with Gasteiger partial charge in [0.1, 0.15) is 0 Å². The summed E-state index contributed by atoms with van der Waals surface area (Å²) >= 11 is 0. The lowest BCUT2D eigenvalue weighted by molar-refractivity contribution is -0.143. The fourth-order valence-corrected chi connectivity index (χ4v) is 2.54. The second kappa shape index (κ2) is 6.13. The maximum absolute atomic E-state index is 11.8. The molecule has 2 aromatic carbocycles. The van der Waals surface area contributed by atoms with E-state index in [1.54, 1.807) is 6.92 Å². The molecule has 0 saturated carbocycles. The van der Waals surface area contributed by atoms with Crippen LogP contribution in [0, 0.1) is 0 Å².